The Labute approximate surface area is 106 Å². The number of likely N-dealkylation sites (N-methyl/N-ethyl adjacent to an activating group) is 1. The van der Waals surface area contributed by atoms with Crippen molar-refractivity contribution in [1.82, 2.24) is 10.2 Å². The van der Waals surface area contributed by atoms with E-state index in [1.807, 2.05) is 6.07 Å². The Morgan fingerprint density at radius 3 is 2.89 bits per heavy atom. The van der Waals surface area contributed by atoms with Crippen molar-refractivity contribution in [3.8, 4) is 0 Å². The number of carbonyl (C=O) groups is 2. The fourth-order valence-corrected chi connectivity index (χ4v) is 1.68. The van der Waals surface area contributed by atoms with Crippen LogP contribution in [-0.2, 0) is 16.0 Å². The summed E-state index contributed by atoms with van der Waals surface area (Å²) in [6.45, 7) is 0.132. The second-order valence-electron chi connectivity index (χ2n) is 4.67. The molecule has 1 aliphatic rings. The first-order valence-corrected chi connectivity index (χ1v) is 6.21. The lowest BCUT2D eigenvalue weighted by molar-refractivity contribution is -0.134. The minimum absolute atomic E-state index is 0.0441. The van der Waals surface area contributed by atoms with Crippen molar-refractivity contribution in [1.29, 1.82) is 0 Å². The van der Waals surface area contributed by atoms with Gasteiger partial charge in [-0.05, 0) is 25.0 Å². The van der Waals surface area contributed by atoms with E-state index in [9.17, 15) is 9.59 Å². The molecule has 0 radical (unpaired) electrons. The molecular formula is C13H18N2O3. The van der Waals surface area contributed by atoms with E-state index in [1.54, 1.807) is 19.4 Å². The molecule has 5 heteroatoms. The van der Waals surface area contributed by atoms with Crippen molar-refractivity contribution in [2.75, 3.05) is 13.6 Å². The highest BCUT2D eigenvalue weighted by Gasteiger charge is 2.24. The molecule has 1 N–H and O–H groups in total. The largest absolute Gasteiger partial charge is 0.469 e. The van der Waals surface area contributed by atoms with Gasteiger partial charge < -0.3 is 14.6 Å². The highest BCUT2D eigenvalue weighted by molar-refractivity contribution is 5.84. The fourth-order valence-electron chi connectivity index (χ4n) is 1.68. The van der Waals surface area contributed by atoms with Gasteiger partial charge in [-0.2, -0.15) is 0 Å². The summed E-state index contributed by atoms with van der Waals surface area (Å²) in [6, 6.07) is 3.98. The number of nitrogens with one attached hydrogen (secondary N) is 1. The van der Waals surface area contributed by atoms with Gasteiger partial charge in [-0.25, -0.2) is 0 Å². The summed E-state index contributed by atoms with van der Waals surface area (Å²) in [7, 11) is 1.65. The molecule has 1 aliphatic carbocycles. The second-order valence-corrected chi connectivity index (χ2v) is 4.67. The van der Waals surface area contributed by atoms with Crippen molar-refractivity contribution in [2.45, 2.75) is 31.7 Å². The van der Waals surface area contributed by atoms with Crippen LogP contribution in [0.5, 0.6) is 0 Å². The van der Waals surface area contributed by atoms with Gasteiger partial charge in [-0.15, -0.1) is 0 Å². The predicted molar refractivity (Wildman–Crippen MR) is 65.8 cm³/mol. The van der Waals surface area contributed by atoms with E-state index in [1.165, 1.54) is 4.90 Å². The van der Waals surface area contributed by atoms with Crippen molar-refractivity contribution in [3.05, 3.63) is 24.2 Å². The fraction of sp³-hybridized carbons (Fsp3) is 0.538. The molecule has 18 heavy (non-hydrogen) atoms. The van der Waals surface area contributed by atoms with Crippen LogP contribution in [0.4, 0.5) is 0 Å². The third-order valence-electron chi connectivity index (χ3n) is 2.91. The topological polar surface area (TPSA) is 62.6 Å². The zero-order valence-corrected chi connectivity index (χ0v) is 10.5. The summed E-state index contributed by atoms with van der Waals surface area (Å²) >= 11 is 0. The Morgan fingerprint density at radius 2 is 2.28 bits per heavy atom. The van der Waals surface area contributed by atoms with Gasteiger partial charge in [0.1, 0.15) is 5.76 Å². The summed E-state index contributed by atoms with van der Waals surface area (Å²) in [6.07, 6.45) is 4.64. The maximum atomic E-state index is 11.8. The molecule has 0 unspecified atom stereocenters. The summed E-state index contributed by atoms with van der Waals surface area (Å²) in [5, 5.41) is 2.86. The van der Waals surface area contributed by atoms with E-state index >= 15 is 0 Å². The Balaban J connectivity index is 1.68. The lowest BCUT2D eigenvalue weighted by Gasteiger charge is -2.16. The molecule has 1 aromatic rings. The molecule has 1 aromatic heterocycles. The predicted octanol–water partition coefficient (Wildman–Crippen LogP) is 0.949. The summed E-state index contributed by atoms with van der Waals surface area (Å²) in [5.41, 5.74) is 0. The molecule has 0 bridgehead atoms. The SMILES string of the molecule is CN(CC(=O)NC1CC1)C(=O)CCc1ccco1. The van der Waals surface area contributed by atoms with Crippen LogP contribution in [0.2, 0.25) is 0 Å². The van der Waals surface area contributed by atoms with Gasteiger partial charge >= 0.3 is 0 Å². The number of rotatable bonds is 6. The van der Waals surface area contributed by atoms with E-state index in [4.69, 9.17) is 4.42 Å². The third-order valence-corrected chi connectivity index (χ3v) is 2.91. The number of hydrogen-bond donors (Lipinski definition) is 1. The molecule has 2 rings (SSSR count). The van der Waals surface area contributed by atoms with Gasteiger partial charge in [-0.3, -0.25) is 9.59 Å². The van der Waals surface area contributed by atoms with Crippen molar-refractivity contribution < 1.29 is 14.0 Å². The van der Waals surface area contributed by atoms with Gasteiger partial charge in [0.15, 0.2) is 0 Å². The minimum atomic E-state index is -0.0775. The number of hydrogen-bond acceptors (Lipinski definition) is 3. The number of carbonyl (C=O) groups excluding carboxylic acids is 2. The second kappa shape index (κ2) is 5.71. The third kappa shape index (κ3) is 3.91. The highest BCUT2D eigenvalue weighted by Crippen LogP contribution is 2.18. The molecular weight excluding hydrogens is 232 g/mol. The van der Waals surface area contributed by atoms with Gasteiger partial charge in [0, 0.05) is 25.9 Å². The van der Waals surface area contributed by atoms with Crippen LogP contribution >= 0.6 is 0 Å². The first-order valence-electron chi connectivity index (χ1n) is 6.21. The molecule has 0 atom stereocenters. The normalized spacial score (nSPS) is 14.3. The molecule has 1 fully saturated rings. The maximum Gasteiger partial charge on any atom is 0.239 e. The zero-order valence-electron chi connectivity index (χ0n) is 10.5. The number of furan rings is 1. The zero-order chi connectivity index (χ0) is 13.0. The highest BCUT2D eigenvalue weighted by atomic mass is 16.3. The molecule has 2 amide bonds. The number of aryl methyl sites for hydroxylation is 1. The Morgan fingerprint density at radius 1 is 1.50 bits per heavy atom. The van der Waals surface area contributed by atoms with Crippen LogP contribution in [0, 0.1) is 0 Å². The number of amides is 2. The van der Waals surface area contributed by atoms with Gasteiger partial charge in [0.2, 0.25) is 11.8 Å². The molecule has 98 valence electrons. The van der Waals surface area contributed by atoms with E-state index in [2.05, 4.69) is 5.32 Å². The molecule has 0 spiro atoms. The van der Waals surface area contributed by atoms with E-state index in [0.717, 1.165) is 18.6 Å². The van der Waals surface area contributed by atoms with Crippen LogP contribution < -0.4 is 5.32 Å². The van der Waals surface area contributed by atoms with Crippen molar-refractivity contribution >= 4 is 11.8 Å². The first-order chi connectivity index (χ1) is 8.65. The Bertz CT molecular complexity index is 410. The summed E-state index contributed by atoms with van der Waals surface area (Å²) in [4.78, 5) is 24.8. The monoisotopic (exact) mass is 250 g/mol. The quantitative estimate of drug-likeness (QED) is 0.817. The van der Waals surface area contributed by atoms with Crippen LogP contribution in [0.15, 0.2) is 22.8 Å². The van der Waals surface area contributed by atoms with E-state index < -0.39 is 0 Å². The Hall–Kier alpha value is -1.78. The van der Waals surface area contributed by atoms with Crippen LogP contribution in [-0.4, -0.2) is 36.3 Å². The van der Waals surface area contributed by atoms with Gasteiger partial charge in [0.25, 0.3) is 0 Å². The molecule has 0 saturated heterocycles. The standard InChI is InChI=1S/C13H18N2O3/c1-15(9-12(16)14-10-4-5-10)13(17)7-6-11-3-2-8-18-11/h2-3,8,10H,4-7,9H2,1H3,(H,14,16). The van der Waals surface area contributed by atoms with E-state index in [-0.39, 0.29) is 18.4 Å². The minimum Gasteiger partial charge on any atom is -0.469 e. The lowest BCUT2D eigenvalue weighted by atomic mass is 10.2. The van der Waals surface area contributed by atoms with Crippen LogP contribution in [0.1, 0.15) is 25.0 Å². The lowest BCUT2D eigenvalue weighted by Crippen LogP contribution is -2.39. The molecule has 0 aliphatic heterocycles. The molecule has 0 aromatic carbocycles. The molecule has 1 heterocycles. The summed E-state index contributed by atoms with van der Waals surface area (Å²) in [5.74, 6) is 0.669. The first kappa shape index (κ1) is 12.7. The smallest absolute Gasteiger partial charge is 0.239 e. The Kier molecular flexibility index (Phi) is 4.02. The average molecular weight is 250 g/mol. The average Bonchev–Trinajstić information content (AvgIpc) is 2.98. The summed E-state index contributed by atoms with van der Waals surface area (Å²) < 4.78 is 5.16. The maximum absolute atomic E-state index is 11.8. The molecule has 5 nitrogen and oxygen atoms in total. The molecule has 1 saturated carbocycles. The van der Waals surface area contributed by atoms with Crippen LogP contribution in [0.3, 0.4) is 0 Å². The van der Waals surface area contributed by atoms with Gasteiger partial charge in [-0.1, -0.05) is 0 Å². The van der Waals surface area contributed by atoms with Crippen molar-refractivity contribution in [3.63, 3.8) is 0 Å². The van der Waals surface area contributed by atoms with Crippen molar-refractivity contribution in [2.24, 2.45) is 0 Å². The number of nitrogens with zero attached hydrogens (tertiary/aromatic N) is 1. The van der Waals surface area contributed by atoms with Gasteiger partial charge in [0.05, 0.1) is 12.8 Å². The van der Waals surface area contributed by atoms with Crippen LogP contribution in [0.25, 0.3) is 0 Å². The van der Waals surface area contributed by atoms with E-state index in [0.29, 0.717) is 18.9 Å².